The Morgan fingerprint density at radius 2 is 1.74 bits per heavy atom. The van der Waals surface area contributed by atoms with Gasteiger partial charge in [-0.15, -0.1) is 11.3 Å². The van der Waals surface area contributed by atoms with Gasteiger partial charge in [0.05, 0.1) is 32.6 Å². The van der Waals surface area contributed by atoms with E-state index in [4.69, 9.17) is 14.2 Å². The van der Waals surface area contributed by atoms with Gasteiger partial charge < -0.3 is 14.2 Å². The van der Waals surface area contributed by atoms with Crippen molar-refractivity contribution in [2.24, 2.45) is 0 Å². The number of nitrogens with one attached hydrogen (secondary N) is 1. The minimum Gasteiger partial charge on any atom is -0.497 e. The third-order valence-electron chi connectivity index (χ3n) is 3.83. The standard InChI is InChI=1S/C19H17BrN2O4S/c1-24-11-4-6-15(20)13(8-11)18(23)22-19-21-16(10-27-19)14-9-12(25-2)5-7-17(14)26-3/h4-10H,1-3H3,(H,21,22,23). The van der Waals surface area contributed by atoms with Crippen LogP contribution in [0.25, 0.3) is 11.3 Å². The van der Waals surface area contributed by atoms with Gasteiger partial charge in [-0.05, 0) is 52.3 Å². The molecule has 0 spiro atoms. The van der Waals surface area contributed by atoms with E-state index in [9.17, 15) is 4.79 Å². The van der Waals surface area contributed by atoms with Gasteiger partial charge in [-0.1, -0.05) is 0 Å². The Bertz CT molecular complexity index is 974. The van der Waals surface area contributed by atoms with Crippen molar-refractivity contribution in [3.63, 3.8) is 0 Å². The summed E-state index contributed by atoms with van der Waals surface area (Å²) in [4.78, 5) is 17.1. The summed E-state index contributed by atoms with van der Waals surface area (Å²) in [6.45, 7) is 0. The molecule has 3 rings (SSSR count). The summed E-state index contributed by atoms with van der Waals surface area (Å²) >= 11 is 4.72. The lowest BCUT2D eigenvalue weighted by Gasteiger charge is -2.08. The van der Waals surface area contributed by atoms with Crippen LogP contribution in [0.2, 0.25) is 0 Å². The number of benzene rings is 2. The van der Waals surface area contributed by atoms with Crippen LogP contribution in [0, 0.1) is 0 Å². The van der Waals surface area contributed by atoms with Gasteiger partial charge in [0.1, 0.15) is 17.2 Å². The van der Waals surface area contributed by atoms with Crippen LogP contribution < -0.4 is 19.5 Å². The molecule has 1 amide bonds. The summed E-state index contributed by atoms with van der Waals surface area (Å²) in [6, 6.07) is 10.7. The smallest absolute Gasteiger partial charge is 0.258 e. The van der Waals surface area contributed by atoms with Gasteiger partial charge in [0.25, 0.3) is 5.91 Å². The van der Waals surface area contributed by atoms with Crippen molar-refractivity contribution in [1.82, 2.24) is 4.98 Å². The highest BCUT2D eigenvalue weighted by molar-refractivity contribution is 9.10. The number of carbonyl (C=O) groups is 1. The fourth-order valence-corrected chi connectivity index (χ4v) is 3.57. The van der Waals surface area contributed by atoms with Crippen molar-refractivity contribution < 1.29 is 19.0 Å². The summed E-state index contributed by atoms with van der Waals surface area (Å²) in [7, 11) is 4.75. The van der Waals surface area contributed by atoms with Crippen molar-refractivity contribution in [2.45, 2.75) is 0 Å². The first kappa shape index (κ1) is 19.2. The molecule has 2 aromatic carbocycles. The van der Waals surface area contributed by atoms with Crippen LogP contribution in [0.3, 0.4) is 0 Å². The van der Waals surface area contributed by atoms with E-state index in [2.05, 4.69) is 26.2 Å². The number of amides is 1. The molecule has 3 aromatic rings. The number of rotatable bonds is 6. The van der Waals surface area contributed by atoms with Crippen molar-refractivity contribution in [1.29, 1.82) is 0 Å². The maximum Gasteiger partial charge on any atom is 0.258 e. The quantitative estimate of drug-likeness (QED) is 0.583. The second kappa shape index (κ2) is 8.41. The maximum absolute atomic E-state index is 12.6. The third-order valence-corrected chi connectivity index (χ3v) is 5.27. The number of thiazole rings is 1. The van der Waals surface area contributed by atoms with E-state index >= 15 is 0 Å². The number of halogens is 1. The van der Waals surface area contributed by atoms with E-state index in [0.717, 1.165) is 5.56 Å². The van der Waals surface area contributed by atoms with Gasteiger partial charge in [-0.3, -0.25) is 10.1 Å². The minimum atomic E-state index is -0.278. The normalized spacial score (nSPS) is 10.4. The molecule has 0 aliphatic rings. The lowest BCUT2D eigenvalue weighted by atomic mass is 10.1. The lowest BCUT2D eigenvalue weighted by Crippen LogP contribution is -2.12. The first-order valence-corrected chi connectivity index (χ1v) is 9.55. The van der Waals surface area contributed by atoms with E-state index in [1.54, 1.807) is 39.5 Å². The van der Waals surface area contributed by atoms with E-state index in [0.29, 0.717) is 38.1 Å². The van der Waals surface area contributed by atoms with Crippen molar-refractivity contribution in [3.05, 3.63) is 51.8 Å². The Hall–Kier alpha value is -2.58. The van der Waals surface area contributed by atoms with Gasteiger partial charge in [0, 0.05) is 15.4 Å². The minimum absolute atomic E-state index is 0.278. The molecule has 1 N–H and O–H groups in total. The average molecular weight is 449 g/mol. The molecule has 140 valence electrons. The first-order chi connectivity index (χ1) is 13.0. The molecule has 6 nitrogen and oxygen atoms in total. The largest absolute Gasteiger partial charge is 0.497 e. The fraction of sp³-hybridized carbons (Fsp3) is 0.158. The fourth-order valence-electron chi connectivity index (χ4n) is 2.44. The molecule has 27 heavy (non-hydrogen) atoms. The molecule has 0 fully saturated rings. The Morgan fingerprint density at radius 3 is 2.44 bits per heavy atom. The molecule has 0 unspecified atom stereocenters. The molecule has 0 aliphatic carbocycles. The molecular weight excluding hydrogens is 432 g/mol. The Morgan fingerprint density at radius 1 is 1.04 bits per heavy atom. The van der Waals surface area contributed by atoms with Crippen LogP contribution >= 0.6 is 27.3 Å². The van der Waals surface area contributed by atoms with E-state index in [-0.39, 0.29) is 5.91 Å². The Labute approximate surface area is 169 Å². The van der Waals surface area contributed by atoms with Crippen molar-refractivity contribution in [2.75, 3.05) is 26.6 Å². The molecule has 0 saturated heterocycles. The van der Waals surface area contributed by atoms with Gasteiger partial charge in [0.2, 0.25) is 0 Å². The molecular formula is C19H17BrN2O4S. The van der Waals surface area contributed by atoms with Crippen molar-refractivity contribution >= 4 is 38.3 Å². The predicted octanol–water partition coefficient (Wildman–Crippen LogP) is 4.85. The average Bonchev–Trinajstić information content (AvgIpc) is 3.16. The van der Waals surface area contributed by atoms with Gasteiger partial charge in [-0.2, -0.15) is 0 Å². The maximum atomic E-state index is 12.6. The number of hydrogen-bond donors (Lipinski definition) is 1. The zero-order valence-electron chi connectivity index (χ0n) is 14.9. The van der Waals surface area contributed by atoms with Crippen LogP contribution in [0.4, 0.5) is 5.13 Å². The number of methoxy groups -OCH3 is 3. The highest BCUT2D eigenvalue weighted by Gasteiger charge is 2.16. The molecule has 0 radical (unpaired) electrons. The predicted molar refractivity (Wildman–Crippen MR) is 109 cm³/mol. The zero-order valence-corrected chi connectivity index (χ0v) is 17.3. The topological polar surface area (TPSA) is 69.7 Å². The summed E-state index contributed by atoms with van der Waals surface area (Å²) in [5.74, 6) is 1.70. The molecule has 1 aromatic heterocycles. The van der Waals surface area contributed by atoms with E-state index in [1.165, 1.54) is 11.3 Å². The van der Waals surface area contributed by atoms with Gasteiger partial charge >= 0.3 is 0 Å². The number of carbonyl (C=O) groups excluding carboxylic acids is 1. The Balaban J connectivity index is 1.86. The van der Waals surface area contributed by atoms with Crippen LogP contribution in [0.1, 0.15) is 10.4 Å². The van der Waals surface area contributed by atoms with E-state index in [1.807, 2.05) is 23.6 Å². The lowest BCUT2D eigenvalue weighted by molar-refractivity contribution is 0.102. The molecule has 0 atom stereocenters. The summed E-state index contributed by atoms with van der Waals surface area (Å²) < 4.78 is 16.5. The second-order valence-corrected chi connectivity index (χ2v) is 7.12. The summed E-state index contributed by atoms with van der Waals surface area (Å²) in [6.07, 6.45) is 0. The molecule has 0 saturated carbocycles. The highest BCUT2D eigenvalue weighted by atomic mass is 79.9. The molecule has 8 heteroatoms. The third kappa shape index (κ3) is 4.23. The second-order valence-electron chi connectivity index (χ2n) is 5.40. The van der Waals surface area contributed by atoms with Crippen molar-refractivity contribution in [3.8, 4) is 28.5 Å². The molecule has 0 bridgehead atoms. The highest BCUT2D eigenvalue weighted by Crippen LogP contribution is 2.35. The number of aromatic nitrogens is 1. The zero-order chi connectivity index (χ0) is 19.4. The van der Waals surface area contributed by atoms with Gasteiger partial charge in [0.15, 0.2) is 5.13 Å². The van der Waals surface area contributed by atoms with Crippen LogP contribution in [0.5, 0.6) is 17.2 Å². The number of ether oxygens (including phenoxy) is 3. The van der Waals surface area contributed by atoms with Crippen LogP contribution in [-0.4, -0.2) is 32.2 Å². The monoisotopic (exact) mass is 448 g/mol. The first-order valence-electron chi connectivity index (χ1n) is 7.88. The van der Waals surface area contributed by atoms with Crippen LogP contribution in [0.15, 0.2) is 46.3 Å². The molecule has 1 heterocycles. The summed E-state index contributed by atoms with van der Waals surface area (Å²) in [5, 5.41) is 5.15. The van der Waals surface area contributed by atoms with Crippen LogP contribution in [-0.2, 0) is 0 Å². The SMILES string of the molecule is COc1ccc(Br)c(C(=O)Nc2nc(-c3cc(OC)ccc3OC)cs2)c1. The molecule has 0 aliphatic heterocycles. The number of nitrogens with zero attached hydrogens (tertiary/aromatic N) is 1. The number of anilines is 1. The van der Waals surface area contributed by atoms with E-state index < -0.39 is 0 Å². The number of hydrogen-bond acceptors (Lipinski definition) is 6. The summed E-state index contributed by atoms with van der Waals surface area (Å²) in [5.41, 5.74) is 1.94. The Kier molecular flexibility index (Phi) is 5.98. The van der Waals surface area contributed by atoms with Gasteiger partial charge in [-0.25, -0.2) is 4.98 Å².